The number of halogens is 2. The summed E-state index contributed by atoms with van der Waals surface area (Å²) in [5, 5.41) is 20.7. The maximum absolute atomic E-state index is 15.6. The average Bonchev–Trinajstić information content (AvgIpc) is 3.83. The molecule has 1 aromatic heterocycles. The van der Waals surface area contributed by atoms with Crippen molar-refractivity contribution < 1.29 is 28.6 Å². The molecular formula is C35H54F2N4O5. The van der Waals surface area contributed by atoms with Crippen LogP contribution in [-0.4, -0.2) is 51.9 Å². The van der Waals surface area contributed by atoms with Crippen LogP contribution in [0.2, 0.25) is 0 Å². The van der Waals surface area contributed by atoms with Crippen LogP contribution in [0.4, 0.5) is 20.2 Å². The minimum Gasteiger partial charge on any atom is -0.481 e. The van der Waals surface area contributed by atoms with Gasteiger partial charge in [-0.3, -0.25) is 9.59 Å². The van der Waals surface area contributed by atoms with Gasteiger partial charge < -0.3 is 30.7 Å². The number of carboxylic acid groups (broad SMARTS) is 2. The molecule has 0 spiro atoms. The third-order valence-electron chi connectivity index (χ3n) is 8.90. The van der Waals surface area contributed by atoms with Crippen molar-refractivity contribution in [3.05, 3.63) is 33.6 Å². The zero-order chi connectivity index (χ0) is 33.8. The number of unbranched alkanes of at least 4 members (excludes halogenated alkanes) is 12. The van der Waals surface area contributed by atoms with Crippen molar-refractivity contribution in [2.45, 2.75) is 142 Å². The number of carboxylic acids is 2. The molecule has 2 fully saturated rings. The SMILES string of the molecule is CCCCCCCCCCCCCCCC(=O)O.C[C@@H]1CN(c2c(F)c(N)c3c(=O)c(C(=O)O)cn(C4CC4)c3c2F)C[C@H](C)N1. The van der Waals surface area contributed by atoms with E-state index in [4.69, 9.17) is 10.8 Å². The van der Waals surface area contributed by atoms with Crippen molar-refractivity contribution in [3.8, 4) is 0 Å². The van der Waals surface area contributed by atoms with Gasteiger partial charge in [0.2, 0.25) is 5.43 Å². The van der Waals surface area contributed by atoms with Crippen LogP contribution in [-0.2, 0) is 4.79 Å². The van der Waals surface area contributed by atoms with Crippen LogP contribution in [0.25, 0.3) is 10.9 Å². The first kappa shape index (κ1) is 37.2. The van der Waals surface area contributed by atoms with Gasteiger partial charge in [0.25, 0.3) is 0 Å². The van der Waals surface area contributed by atoms with E-state index in [0.29, 0.717) is 19.5 Å². The lowest BCUT2D eigenvalue weighted by atomic mass is 10.0. The Morgan fingerprint density at radius 2 is 1.37 bits per heavy atom. The molecule has 0 bridgehead atoms. The van der Waals surface area contributed by atoms with Crippen LogP contribution < -0.4 is 21.4 Å². The predicted molar refractivity (Wildman–Crippen MR) is 180 cm³/mol. The Hall–Kier alpha value is -3.21. The molecule has 1 aliphatic heterocycles. The van der Waals surface area contributed by atoms with Gasteiger partial charge in [0.1, 0.15) is 11.3 Å². The molecule has 2 aromatic rings. The highest BCUT2D eigenvalue weighted by Crippen LogP contribution is 2.41. The first-order valence-corrected chi connectivity index (χ1v) is 17.3. The third kappa shape index (κ3) is 10.4. The molecule has 0 amide bonds. The number of nitrogens with one attached hydrogen (secondary N) is 1. The van der Waals surface area contributed by atoms with Gasteiger partial charge in [-0.2, -0.15) is 0 Å². The van der Waals surface area contributed by atoms with Crippen LogP contribution in [0.15, 0.2) is 11.0 Å². The van der Waals surface area contributed by atoms with Crippen molar-refractivity contribution in [1.29, 1.82) is 0 Å². The summed E-state index contributed by atoms with van der Waals surface area (Å²) in [5.41, 5.74) is 3.54. The van der Waals surface area contributed by atoms with E-state index in [-0.39, 0.29) is 29.3 Å². The lowest BCUT2D eigenvalue weighted by Crippen LogP contribution is -2.54. The number of pyridine rings is 1. The Bertz CT molecular complexity index is 1370. The van der Waals surface area contributed by atoms with E-state index >= 15 is 8.78 Å². The number of carbonyl (C=O) groups is 2. The summed E-state index contributed by atoms with van der Waals surface area (Å²) in [4.78, 5) is 36.0. The number of anilines is 2. The minimum atomic E-state index is -1.45. The molecule has 1 aliphatic carbocycles. The fourth-order valence-corrected chi connectivity index (χ4v) is 6.43. The maximum atomic E-state index is 15.6. The molecular weight excluding hydrogens is 594 g/mol. The Labute approximate surface area is 271 Å². The number of hydrogen-bond acceptors (Lipinski definition) is 6. The van der Waals surface area contributed by atoms with Gasteiger partial charge in [0.15, 0.2) is 11.6 Å². The van der Waals surface area contributed by atoms with Crippen molar-refractivity contribution in [1.82, 2.24) is 9.88 Å². The number of piperazine rings is 1. The standard InChI is InChI=1S/C19H22F2N4O3.C16H32O2/c1-8-5-24(6-9(2)23-8)17-13(20)15(22)12-16(14(17)21)25(10-3-4-10)7-11(18(12)26)19(27)28;1-2-3-4-5-6-7-8-9-10-11-12-13-14-15-16(17)18/h7-10,23H,3-6,22H2,1-2H3,(H,27,28);2-15H2,1H3,(H,17,18)/t8-,9+;. The normalized spacial score (nSPS) is 18.0. The van der Waals surface area contributed by atoms with Gasteiger partial charge in [-0.25, -0.2) is 13.6 Å². The molecule has 0 unspecified atom stereocenters. The molecule has 0 radical (unpaired) electrons. The van der Waals surface area contributed by atoms with E-state index < -0.39 is 45.6 Å². The summed E-state index contributed by atoms with van der Waals surface area (Å²) in [6, 6.07) is -0.103. The molecule has 2 aliphatic rings. The second-order valence-electron chi connectivity index (χ2n) is 13.2. The van der Waals surface area contributed by atoms with E-state index in [9.17, 15) is 19.5 Å². The van der Waals surface area contributed by atoms with Crippen molar-refractivity contribution in [2.24, 2.45) is 0 Å². The van der Waals surface area contributed by atoms with Gasteiger partial charge >= 0.3 is 11.9 Å². The molecule has 4 rings (SSSR count). The topological polar surface area (TPSA) is 138 Å². The molecule has 1 saturated carbocycles. The smallest absolute Gasteiger partial charge is 0.341 e. The van der Waals surface area contributed by atoms with Crippen molar-refractivity contribution in [3.63, 3.8) is 0 Å². The summed E-state index contributed by atoms with van der Waals surface area (Å²) in [6.45, 7) is 6.86. The molecule has 11 heteroatoms. The zero-order valence-corrected chi connectivity index (χ0v) is 27.9. The molecule has 258 valence electrons. The second kappa shape index (κ2) is 18.2. The number of rotatable bonds is 17. The number of aliphatic carboxylic acids is 1. The van der Waals surface area contributed by atoms with Gasteiger partial charge in [-0.05, 0) is 33.1 Å². The van der Waals surface area contributed by atoms with Crippen LogP contribution in [0.5, 0.6) is 0 Å². The summed E-state index contributed by atoms with van der Waals surface area (Å²) in [7, 11) is 0. The van der Waals surface area contributed by atoms with Gasteiger partial charge in [-0.15, -0.1) is 0 Å². The van der Waals surface area contributed by atoms with Crippen LogP contribution in [0.1, 0.15) is 140 Å². The van der Waals surface area contributed by atoms with E-state index in [0.717, 1.165) is 31.9 Å². The van der Waals surface area contributed by atoms with E-state index in [1.54, 1.807) is 4.90 Å². The van der Waals surface area contributed by atoms with E-state index in [1.807, 2.05) is 13.8 Å². The van der Waals surface area contributed by atoms with Gasteiger partial charge in [-0.1, -0.05) is 84.0 Å². The van der Waals surface area contributed by atoms with Gasteiger partial charge in [0, 0.05) is 43.8 Å². The number of fused-ring (bicyclic) bond motifs is 1. The Morgan fingerprint density at radius 1 is 0.870 bits per heavy atom. The highest BCUT2D eigenvalue weighted by Gasteiger charge is 2.34. The predicted octanol–water partition coefficient (Wildman–Crippen LogP) is 7.63. The number of nitrogens with two attached hydrogens (primary N) is 1. The monoisotopic (exact) mass is 648 g/mol. The fourth-order valence-electron chi connectivity index (χ4n) is 6.43. The molecule has 5 N–H and O–H groups in total. The Balaban J connectivity index is 0.000000280. The first-order valence-electron chi connectivity index (χ1n) is 17.3. The third-order valence-corrected chi connectivity index (χ3v) is 8.90. The zero-order valence-electron chi connectivity index (χ0n) is 27.9. The summed E-state index contributed by atoms with van der Waals surface area (Å²) >= 11 is 0. The number of nitrogens with zero attached hydrogens (tertiary/aromatic N) is 2. The molecule has 2 atom stereocenters. The van der Waals surface area contributed by atoms with Crippen molar-refractivity contribution >= 4 is 34.2 Å². The number of hydrogen-bond donors (Lipinski definition) is 4. The molecule has 46 heavy (non-hydrogen) atoms. The Morgan fingerprint density at radius 3 is 1.83 bits per heavy atom. The number of aromatic nitrogens is 1. The largest absolute Gasteiger partial charge is 0.481 e. The maximum Gasteiger partial charge on any atom is 0.341 e. The fraction of sp³-hybridized carbons (Fsp3) is 0.686. The Kier molecular flexibility index (Phi) is 14.7. The van der Waals surface area contributed by atoms with Crippen LogP contribution >= 0.6 is 0 Å². The molecule has 2 heterocycles. The summed E-state index contributed by atoms with van der Waals surface area (Å²) < 4.78 is 32.2. The quantitative estimate of drug-likeness (QED) is 0.101. The van der Waals surface area contributed by atoms with E-state index in [1.165, 1.54) is 75.2 Å². The lowest BCUT2D eigenvalue weighted by Gasteiger charge is -2.38. The summed E-state index contributed by atoms with van der Waals surface area (Å²) in [6.07, 6.45) is 19.9. The molecule has 1 aromatic carbocycles. The average molecular weight is 649 g/mol. The number of nitrogen functional groups attached to an aromatic ring is 1. The minimum absolute atomic E-state index is 0.0134. The van der Waals surface area contributed by atoms with Crippen LogP contribution in [0.3, 0.4) is 0 Å². The highest BCUT2D eigenvalue weighted by atomic mass is 19.1. The number of aromatic carboxylic acids is 1. The second-order valence-corrected chi connectivity index (χ2v) is 13.2. The van der Waals surface area contributed by atoms with Crippen molar-refractivity contribution in [2.75, 3.05) is 23.7 Å². The molecule has 1 saturated heterocycles. The highest BCUT2D eigenvalue weighted by molar-refractivity contribution is 5.99. The number of benzene rings is 1. The van der Waals surface area contributed by atoms with Gasteiger partial charge in [0.05, 0.1) is 16.6 Å². The lowest BCUT2D eigenvalue weighted by molar-refractivity contribution is -0.137. The summed E-state index contributed by atoms with van der Waals surface area (Å²) in [5.74, 6) is -3.99. The van der Waals surface area contributed by atoms with E-state index in [2.05, 4.69) is 12.2 Å². The first-order chi connectivity index (χ1) is 22.0. The molecule has 9 nitrogen and oxygen atoms in total. The van der Waals surface area contributed by atoms with Crippen LogP contribution in [0, 0.1) is 11.6 Å².